The highest BCUT2D eigenvalue weighted by Gasteiger charge is 2.19. The number of likely N-dealkylation sites (N-methyl/N-ethyl adjacent to an activating group) is 1. The van der Waals surface area contributed by atoms with Gasteiger partial charge in [-0.05, 0) is 50.1 Å². The summed E-state index contributed by atoms with van der Waals surface area (Å²) in [5.74, 6) is 0.801. The van der Waals surface area contributed by atoms with Gasteiger partial charge in [-0.2, -0.15) is 0 Å². The summed E-state index contributed by atoms with van der Waals surface area (Å²) in [6.07, 6.45) is 1.95. The Morgan fingerprint density at radius 2 is 1.71 bits per heavy atom. The minimum Gasteiger partial charge on any atom is -0.493 e. The Labute approximate surface area is 168 Å². The standard InChI is InChI=1S/C23H31N3O2/c1-3-28-23-17-20(10-9-19-7-5-4-6-8-19)11-12-21(23)22(24-27)18-26-15-13-25(2)14-16-26/h4-8,11-12,17,27H,3,9-10,13-16,18H2,1-2H3. The van der Waals surface area contributed by atoms with Crippen molar-refractivity contribution in [3.8, 4) is 5.75 Å². The van der Waals surface area contributed by atoms with E-state index in [9.17, 15) is 5.21 Å². The molecule has 5 nitrogen and oxygen atoms in total. The maximum atomic E-state index is 9.67. The van der Waals surface area contributed by atoms with Crippen LogP contribution in [0.5, 0.6) is 5.75 Å². The van der Waals surface area contributed by atoms with Crippen LogP contribution in [-0.4, -0.2) is 67.1 Å². The number of hydrogen-bond acceptors (Lipinski definition) is 5. The molecule has 1 heterocycles. The van der Waals surface area contributed by atoms with Crippen molar-refractivity contribution in [2.45, 2.75) is 19.8 Å². The Morgan fingerprint density at radius 1 is 1.00 bits per heavy atom. The fourth-order valence-electron chi connectivity index (χ4n) is 3.56. The molecule has 1 N–H and O–H groups in total. The maximum Gasteiger partial charge on any atom is 0.128 e. The van der Waals surface area contributed by atoms with Gasteiger partial charge in [-0.1, -0.05) is 41.6 Å². The predicted octanol–water partition coefficient (Wildman–Crippen LogP) is 3.30. The average Bonchev–Trinajstić information content (AvgIpc) is 2.73. The van der Waals surface area contributed by atoms with E-state index in [2.05, 4.69) is 58.4 Å². The second kappa shape index (κ2) is 10.2. The largest absolute Gasteiger partial charge is 0.493 e. The van der Waals surface area contributed by atoms with Crippen molar-refractivity contribution in [2.75, 3.05) is 46.4 Å². The lowest BCUT2D eigenvalue weighted by Crippen LogP contribution is -2.46. The molecule has 0 spiro atoms. The van der Waals surface area contributed by atoms with E-state index in [0.29, 0.717) is 18.9 Å². The summed E-state index contributed by atoms with van der Waals surface area (Å²) >= 11 is 0. The quantitative estimate of drug-likeness (QED) is 0.433. The zero-order valence-electron chi connectivity index (χ0n) is 17.0. The van der Waals surface area contributed by atoms with Crippen LogP contribution >= 0.6 is 0 Å². The van der Waals surface area contributed by atoms with Crippen molar-refractivity contribution in [1.29, 1.82) is 0 Å². The average molecular weight is 382 g/mol. The predicted molar refractivity (Wildman–Crippen MR) is 114 cm³/mol. The van der Waals surface area contributed by atoms with Crippen LogP contribution < -0.4 is 4.74 Å². The van der Waals surface area contributed by atoms with Crippen molar-refractivity contribution in [2.24, 2.45) is 5.16 Å². The van der Waals surface area contributed by atoms with E-state index in [-0.39, 0.29) is 0 Å². The Kier molecular flexibility index (Phi) is 7.46. The van der Waals surface area contributed by atoms with Gasteiger partial charge < -0.3 is 14.8 Å². The number of aryl methyl sites for hydroxylation is 2. The van der Waals surface area contributed by atoms with Gasteiger partial charge >= 0.3 is 0 Å². The van der Waals surface area contributed by atoms with E-state index in [1.165, 1.54) is 11.1 Å². The summed E-state index contributed by atoms with van der Waals surface area (Å²) in [4.78, 5) is 4.65. The van der Waals surface area contributed by atoms with Gasteiger partial charge in [-0.25, -0.2) is 0 Å². The van der Waals surface area contributed by atoms with E-state index >= 15 is 0 Å². The third-order valence-corrected chi connectivity index (χ3v) is 5.29. The second-order valence-corrected chi connectivity index (χ2v) is 7.38. The Morgan fingerprint density at radius 3 is 2.39 bits per heavy atom. The highest BCUT2D eigenvalue weighted by molar-refractivity contribution is 6.04. The summed E-state index contributed by atoms with van der Waals surface area (Å²) in [5.41, 5.74) is 4.11. The van der Waals surface area contributed by atoms with Gasteiger partial charge in [-0.3, -0.25) is 4.90 Å². The lowest BCUT2D eigenvalue weighted by Gasteiger charge is -2.32. The molecule has 0 radical (unpaired) electrons. The van der Waals surface area contributed by atoms with Crippen LogP contribution in [-0.2, 0) is 12.8 Å². The Bertz CT molecular complexity index is 769. The SMILES string of the molecule is CCOc1cc(CCc2ccccc2)ccc1C(CN1CCN(C)CC1)=NO. The van der Waals surface area contributed by atoms with E-state index in [1.54, 1.807) is 0 Å². The molecule has 150 valence electrons. The zero-order valence-corrected chi connectivity index (χ0v) is 17.0. The molecule has 1 fully saturated rings. The number of nitrogens with zero attached hydrogens (tertiary/aromatic N) is 3. The first-order valence-corrected chi connectivity index (χ1v) is 10.1. The van der Waals surface area contributed by atoms with Crippen LogP contribution in [0.3, 0.4) is 0 Å². The van der Waals surface area contributed by atoms with E-state index in [1.807, 2.05) is 19.1 Å². The van der Waals surface area contributed by atoms with Crippen LogP contribution in [0, 0.1) is 0 Å². The smallest absolute Gasteiger partial charge is 0.128 e. The third kappa shape index (κ3) is 5.57. The summed E-state index contributed by atoms with van der Waals surface area (Å²) in [6.45, 7) is 7.24. The molecule has 0 atom stereocenters. The summed E-state index contributed by atoms with van der Waals surface area (Å²) in [5, 5.41) is 13.3. The number of rotatable bonds is 8. The fourth-order valence-corrected chi connectivity index (χ4v) is 3.56. The van der Waals surface area contributed by atoms with E-state index < -0.39 is 0 Å². The number of ether oxygens (including phenoxy) is 1. The molecule has 3 rings (SSSR count). The minimum atomic E-state index is 0.586. The molecular formula is C23H31N3O2. The Hall–Kier alpha value is -2.37. The van der Waals surface area contributed by atoms with Gasteiger partial charge in [0.1, 0.15) is 11.5 Å². The van der Waals surface area contributed by atoms with Crippen LogP contribution in [0.2, 0.25) is 0 Å². The first-order valence-electron chi connectivity index (χ1n) is 10.1. The molecule has 0 aliphatic carbocycles. The van der Waals surface area contributed by atoms with Gasteiger partial charge in [0.25, 0.3) is 0 Å². The van der Waals surface area contributed by atoms with Crippen molar-refractivity contribution < 1.29 is 9.94 Å². The monoisotopic (exact) mass is 381 g/mol. The Balaban J connectivity index is 1.72. The van der Waals surface area contributed by atoms with Gasteiger partial charge in [0.05, 0.1) is 6.61 Å². The van der Waals surface area contributed by atoms with E-state index in [0.717, 1.165) is 50.3 Å². The van der Waals surface area contributed by atoms with E-state index in [4.69, 9.17) is 4.74 Å². The molecule has 0 aromatic heterocycles. The molecule has 0 saturated carbocycles. The van der Waals surface area contributed by atoms with Crippen molar-refractivity contribution in [3.63, 3.8) is 0 Å². The lowest BCUT2D eigenvalue weighted by atomic mass is 10.0. The molecule has 1 saturated heterocycles. The molecule has 0 bridgehead atoms. The number of oxime groups is 1. The molecule has 1 aliphatic heterocycles. The number of piperazine rings is 1. The zero-order chi connectivity index (χ0) is 19.8. The van der Waals surface area contributed by atoms with Crippen LogP contribution in [0.15, 0.2) is 53.7 Å². The lowest BCUT2D eigenvalue weighted by molar-refractivity contribution is 0.169. The molecular weight excluding hydrogens is 350 g/mol. The topological polar surface area (TPSA) is 48.3 Å². The van der Waals surface area contributed by atoms with Crippen LogP contribution in [0.25, 0.3) is 0 Å². The molecule has 0 amide bonds. The highest BCUT2D eigenvalue weighted by Crippen LogP contribution is 2.23. The summed E-state index contributed by atoms with van der Waals surface area (Å²) in [6, 6.07) is 16.8. The number of hydrogen-bond donors (Lipinski definition) is 1. The second-order valence-electron chi connectivity index (χ2n) is 7.38. The third-order valence-electron chi connectivity index (χ3n) is 5.29. The van der Waals surface area contributed by atoms with Crippen molar-refractivity contribution in [3.05, 3.63) is 65.2 Å². The van der Waals surface area contributed by atoms with Gasteiger partial charge in [0, 0.05) is 38.3 Å². The van der Waals surface area contributed by atoms with Crippen molar-refractivity contribution >= 4 is 5.71 Å². The maximum absolute atomic E-state index is 9.67. The molecule has 5 heteroatoms. The minimum absolute atomic E-state index is 0.586. The van der Waals surface area contributed by atoms with Gasteiger partial charge in [0.15, 0.2) is 0 Å². The molecule has 2 aromatic rings. The van der Waals surface area contributed by atoms with Gasteiger partial charge in [-0.15, -0.1) is 0 Å². The molecule has 0 unspecified atom stereocenters. The molecule has 1 aliphatic rings. The highest BCUT2D eigenvalue weighted by atomic mass is 16.5. The normalized spacial score (nSPS) is 16.3. The molecule has 28 heavy (non-hydrogen) atoms. The first-order chi connectivity index (χ1) is 13.7. The molecule has 2 aromatic carbocycles. The van der Waals surface area contributed by atoms with Crippen LogP contribution in [0.1, 0.15) is 23.6 Å². The van der Waals surface area contributed by atoms with Crippen molar-refractivity contribution in [1.82, 2.24) is 9.80 Å². The number of benzene rings is 2. The first kappa shape index (κ1) is 20.4. The summed E-state index contributed by atoms with van der Waals surface area (Å²) in [7, 11) is 2.14. The van der Waals surface area contributed by atoms with Crippen LogP contribution in [0.4, 0.5) is 0 Å². The fraction of sp³-hybridized carbons (Fsp3) is 0.435. The van der Waals surface area contributed by atoms with Gasteiger partial charge in [0.2, 0.25) is 0 Å². The summed E-state index contributed by atoms with van der Waals surface area (Å²) < 4.78 is 5.90.